The maximum Gasteiger partial charge on any atom is 0.328 e. The Balaban J connectivity index is 1.76. The zero-order valence-corrected chi connectivity index (χ0v) is 15.2. The van der Waals surface area contributed by atoms with Crippen LogP contribution in [0.1, 0.15) is 18.4 Å². The van der Waals surface area contributed by atoms with Crippen LogP contribution in [0.5, 0.6) is 0 Å². The third-order valence-electron chi connectivity index (χ3n) is 4.87. The minimum Gasteiger partial charge on any atom is -0.467 e. The monoisotopic (exact) mass is 357 g/mol. The van der Waals surface area contributed by atoms with E-state index in [0.29, 0.717) is 25.1 Å². The summed E-state index contributed by atoms with van der Waals surface area (Å²) in [6, 6.07) is 14.0. The van der Waals surface area contributed by atoms with Crippen LogP contribution in [-0.2, 0) is 20.7 Å². The topological polar surface area (TPSA) is 46.6 Å². The van der Waals surface area contributed by atoms with Gasteiger partial charge in [-0.05, 0) is 35.6 Å². The Bertz CT molecular complexity index is 776. The van der Waals surface area contributed by atoms with Gasteiger partial charge in [-0.25, -0.2) is 4.79 Å². The predicted octanol–water partition coefficient (Wildman–Crippen LogP) is 3.09. The van der Waals surface area contributed by atoms with Gasteiger partial charge in [-0.1, -0.05) is 42.5 Å². The van der Waals surface area contributed by atoms with Gasteiger partial charge in [0.2, 0.25) is 5.91 Å². The van der Waals surface area contributed by atoms with Gasteiger partial charge in [0.1, 0.15) is 6.04 Å². The second-order valence-electron chi connectivity index (χ2n) is 6.48. The molecule has 132 valence electrons. The Kier molecular flexibility index (Phi) is 5.63. The standard InChI is InChI=1S/C20H23NO3S/c1-24-20(23)18-7-4-10-21(18)19(22)17(13-25)12-14-8-9-15-5-2-3-6-16(15)11-14/h2-3,5-6,8-9,11,17-18,25H,4,7,10,12-13H2,1H3/t17?,18-/m1/s1. The van der Waals surface area contributed by atoms with Gasteiger partial charge in [-0.3, -0.25) is 4.79 Å². The van der Waals surface area contributed by atoms with Crippen molar-refractivity contribution in [3.05, 3.63) is 48.0 Å². The molecule has 1 aliphatic heterocycles. The molecule has 0 saturated carbocycles. The van der Waals surface area contributed by atoms with Gasteiger partial charge in [-0.15, -0.1) is 0 Å². The number of fused-ring (bicyclic) bond motifs is 1. The van der Waals surface area contributed by atoms with Crippen LogP contribution in [0.4, 0.5) is 0 Å². The van der Waals surface area contributed by atoms with Crippen LogP contribution in [0.25, 0.3) is 10.8 Å². The molecule has 1 amide bonds. The number of carbonyl (C=O) groups is 2. The second-order valence-corrected chi connectivity index (χ2v) is 6.84. The van der Waals surface area contributed by atoms with Crippen LogP contribution < -0.4 is 0 Å². The summed E-state index contributed by atoms with van der Waals surface area (Å²) >= 11 is 4.39. The van der Waals surface area contributed by atoms with E-state index < -0.39 is 6.04 Å². The number of hydrogen-bond donors (Lipinski definition) is 1. The van der Waals surface area contributed by atoms with Crippen molar-refractivity contribution < 1.29 is 14.3 Å². The van der Waals surface area contributed by atoms with Crippen LogP contribution in [-0.4, -0.2) is 42.2 Å². The van der Waals surface area contributed by atoms with Crippen molar-refractivity contribution in [2.24, 2.45) is 5.92 Å². The first kappa shape index (κ1) is 17.8. The molecule has 2 aromatic carbocycles. The zero-order chi connectivity index (χ0) is 17.8. The third kappa shape index (κ3) is 3.82. The van der Waals surface area contributed by atoms with Crippen LogP contribution in [0.2, 0.25) is 0 Å². The molecule has 1 saturated heterocycles. The highest BCUT2D eigenvalue weighted by atomic mass is 32.1. The molecular formula is C20H23NO3S. The van der Waals surface area contributed by atoms with Gasteiger partial charge < -0.3 is 9.64 Å². The van der Waals surface area contributed by atoms with Crippen molar-refractivity contribution in [3.8, 4) is 0 Å². The number of nitrogens with zero attached hydrogens (tertiary/aromatic N) is 1. The summed E-state index contributed by atoms with van der Waals surface area (Å²) in [5.74, 6) is -0.115. The number of carbonyl (C=O) groups excluding carboxylic acids is 2. The number of likely N-dealkylation sites (tertiary alicyclic amines) is 1. The fraction of sp³-hybridized carbons (Fsp3) is 0.400. The molecule has 2 aromatic rings. The van der Waals surface area contributed by atoms with E-state index in [9.17, 15) is 9.59 Å². The minimum absolute atomic E-state index is 0.00365. The molecule has 2 atom stereocenters. The highest BCUT2D eigenvalue weighted by molar-refractivity contribution is 7.80. The van der Waals surface area contributed by atoms with E-state index in [-0.39, 0.29) is 17.8 Å². The smallest absolute Gasteiger partial charge is 0.328 e. The maximum atomic E-state index is 12.9. The van der Waals surface area contributed by atoms with Crippen molar-refractivity contribution in [2.45, 2.75) is 25.3 Å². The lowest BCUT2D eigenvalue weighted by Crippen LogP contribution is -2.45. The molecule has 4 nitrogen and oxygen atoms in total. The van der Waals surface area contributed by atoms with Gasteiger partial charge in [0, 0.05) is 12.3 Å². The first-order valence-corrected chi connectivity index (χ1v) is 9.24. The van der Waals surface area contributed by atoms with E-state index in [1.54, 1.807) is 4.90 Å². The highest BCUT2D eigenvalue weighted by Gasteiger charge is 2.37. The Morgan fingerprint density at radius 3 is 2.72 bits per heavy atom. The second kappa shape index (κ2) is 7.91. The lowest BCUT2D eigenvalue weighted by atomic mass is 9.97. The van der Waals surface area contributed by atoms with E-state index >= 15 is 0 Å². The minimum atomic E-state index is -0.448. The Hall–Kier alpha value is -2.01. The number of ether oxygens (including phenoxy) is 1. The van der Waals surface area contributed by atoms with E-state index in [0.717, 1.165) is 12.0 Å². The molecule has 0 N–H and O–H groups in total. The summed E-state index contributed by atoms with van der Waals surface area (Å²) in [4.78, 5) is 26.5. The first-order valence-electron chi connectivity index (χ1n) is 8.61. The van der Waals surface area contributed by atoms with Gasteiger partial charge in [0.05, 0.1) is 13.0 Å². The highest BCUT2D eigenvalue weighted by Crippen LogP contribution is 2.24. The van der Waals surface area contributed by atoms with Crippen LogP contribution in [0.15, 0.2) is 42.5 Å². The van der Waals surface area contributed by atoms with Gasteiger partial charge in [-0.2, -0.15) is 12.6 Å². The number of amides is 1. The molecule has 0 radical (unpaired) electrons. The molecule has 1 fully saturated rings. The molecule has 0 aromatic heterocycles. The van der Waals surface area contributed by atoms with Crippen molar-refractivity contribution >= 4 is 35.3 Å². The molecule has 5 heteroatoms. The van der Waals surface area contributed by atoms with E-state index in [2.05, 4.69) is 43.0 Å². The maximum absolute atomic E-state index is 12.9. The molecule has 3 rings (SSSR count). The Morgan fingerprint density at radius 2 is 2.00 bits per heavy atom. The molecule has 0 aliphatic carbocycles. The summed E-state index contributed by atoms with van der Waals surface area (Å²) in [5.41, 5.74) is 1.11. The molecule has 0 bridgehead atoms. The van der Waals surface area contributed by atoms with Gasteiger partial charge in [0.15, 0.2) is 0 Å². The van der Waals surface area contributed by atoms with Crippen molar-refractivity contribution in [1.82, 2.24) is 4.90 Å². The number of benzene rings is 2. The lowest BCUT2D eigenvalue weighted by Gasteiger charge is -2.27. The van der Waals surface area contributed by atoms with Crippen LogP contribution in [0.3, 0.4) is 0 Å². The van der Waals surface area contributed by atoms with E-state index in [4.69, 9.17) is 4.74 Å². The van der Waals surface area contributed by atoms with E-state index in [1.807, 2.05) is 12.1 Å². The van der Waals surface area contributed by atoms with Crippen molar-refractivity contribution in [1.29, 1.82) is 0 Å². The average molecular weight is 357 g/mol. The normalized spacial score (nSPS) is 18.3. The quantitative estimate of drug-likeness (QED) is 0.661. The molecule has 0 spiro atoms. The summed E-state index contributed by atoms with van der Waals surface area (Å²) in [5, 5.41) is 2.35. The largest absolute Gasteiger partial charge is 0.467 e. The summed E-state index contributed by atoms with van der Waals surface area (Å²) < 4.78 is 4.84. The number of methoxy groups -OCH3 is 1. The summed E-state index contributed by atoms with van der Waals surface area (Å²) in [6.07, 6.45) is 2.13. The number of thiol groups is 1. The zero-order valence-electron chi connectivity index (χ0n) is 14.4. The SMILES string of the molecule is COC(=O)[C@H]1CCCN1C(=O)C(CS)Cc1ccc2ccccc2c1. The van der Waals surface area contributed by atoms with Gasteiger partial charge >= 0.3 is 5.97 Å². The summed E-state index contributed by atoms with van der Waals surface area (Å²) in [7, 11) is 1.37. The fourth-order valence-electron chi connectivity index (χ4n) is 3.53. The third-order valence-corrected chi connectivity index (χ3v) is 5.32. The molecule has 1 aliphatic rings. The molecule has 1 unspecified atom stereocenters. The van der Waals surface area contributed by atoms with Crippen LogP contribution >= 0.6 is 12.6 Å². The van der Waals surface area contributed by atoms with Crippen LogP contribution in [0, 0.1) is 5.92 Å². The van der Waals surface area contributed by atoms with E-state index in [1.165, 1.54) is 17.9 Å². The number of hydrogen-bond acceptors (Lipinski definition) is 4. The fourth-order valence-corrected chi connectivity index (χ4v) is 3.81. The molecule has 1 heterocycles. The van der Waals surface area contributed by atoms with Crippen molar-refractivity contribution in [3.63, 3.8) is 0 Å². The predicted molar refractivity (Wildman–Crippen MR) is 102 cm³/mol. The molecule has 25 heavy (non-hydrogen) atoms. The van der Waals surface area contributed by atoms with Gasteiger partial charge in [0.25, 0.3) is 0 Å². The number of rotatable bonds is 5. The number of esters is 1. The first-order chi connectivity index (χ1) is 12.1. The van der Waals surface area contributed by atoms with Crippen molar-refractivity contribution in [2.75, 3.05) is 19.4 Å². The Morgan fingerprint density at radius 1 is 1.24 bits per heavy atom. The molecular weight excluding hydrogens is 334 g/mol. The lowest BCUT2D eigenvalue weighted by molar-refractivity contribution is -0.152. The summed E-state index contributed by atoms with van der Waals surface area (Å²) in [6.45, 7) is 0.612. The average Bonchev–Trinajstić information content (AvgIpc) is 3.14. The Labute approximate surface area is 153 Å².